The number of aromatic hydroxyl groups is 1. The number of thiazole rings is 1. The molecule has 4 rings (SSSR count). The van der Waals surface area contributed by atoms with Crippen LogP contribution in [0.25, 0.3) is 0 Å². The lowest BCUT2D eigenvalue weighted by atomic mass is 10.1. The Morgan fingerprint density at radius 3 is 2.52 bits per heavy atom. The highest BCUT2D eigenvalue weighted by molar-refractivity contribution is 7.18. The van der Waals surface area contributed by atoms with Gasteiger partial charge < -0.3 is 35.1 Å². The van der Waals surface area contributed by atoms with Crippen molar-refractivity contribution in [1.82, 2.24) is 4.98 Å². The van der Waals surface area contributed by atoms with E-state index in [0.29, 0.717) is 51.3 Å². The van der Waals surface area contributed by atoms with Gasteiger partial charge >= 0.3 is 0 Å². The highest BCUT2D eigenvalue weighted by Gasteiger charge is 2.26. The monoisotopic (exact) mass is 442 g/mol. The highest BCUT2D eigenvalue weighted by atomic mass is 32.1. The zero-order valence-electron chi connectivity index (χ0n) is 17.2. The fraction of sp³-hybridized carbons (Fsp3) is 0.238. The molecule has 162 valence electrons. The molecule has 10 heteroatoms. The van der Waals surface area contributed by atoms with Crippen LogP contribution >= 0.6 is 11.3 Å². The van der Waals surface area contributed by atoms with Crippen molar-refractivity contribution >= 4 is 33.9 Å². The van der Waals surface area contributed by atoms with Gasteiger partial charge in [0.1, 0.15) is 29.1 Å². The Hall–Kier alpha value is -3.66. The summed E-state index contributed by atoms with van der Waals surface area (Å²) in [5, 5.41) is 13.5. The van der Waals surface area contributed by atoms with Crippen LogP contribution in [-0.2, 0) is 4.74 Å². The maximum Gasteiger partial charge on any atom is 0.231 e. The number of nitrogens with zero attached hydrogens (tertiary/aromatic N) is 2. The minimum atomic E-state index is -0.213. The molecule has 1 atom stereocenters. The first-order valence-corrected chi connectivity index (χ1v) is 10.2. The SMILES string of the molecule is COc1cc(Nc2nc(N)c(C3=NC(c4cccc(O)c4)CO3)s2)cc(OC)c1OC. The topological polar surface area (TPSA) is 120 Å². The first-order valence-electron chi connectivity index (χ1n) is 9.35. The summed E-state index contributed by atoms with van der Waals surface area (Å²) in [5.41, 5.74) is 7.70. The minimum absolute atomic E-state index is 0.190. The third-order valence-electron chi connectivity index (χ3n) is 4.67. The zero-order chi connectivity index (χ0) is 22.0. The largest absolute Gasteiger partial charge is 0.508 e. The van der Waals surface area contributed by atoms with Crippen LogP contribution in [0.2, 0.25) is 0 Å². The third-order valence-corrected chi connectivity index (χ3v) is 5.64. The van der Waals surface area contributed by atoms with Gasteiger partial charge in [0.05, 0.1) is 21.3 Å². The molecule has 2 aromatic carbocycles. The fourth-order valence-electron chi connectivity index (χ4n) is 3.22. The average molecular weight is 442 g/mol. The van der Waals surface area contributed by atoms with Crippen molar-refractivity contribution in [2.75, 3.05) is 39.0 Å². The van der Waals surface area contributed by atoms with Crippen LogP contribution in [0, 0.1) is 0 Å². The number of nitrogen functional groups attached to an aromatic ring is 1. The molecule has 0 saturated heterocycles. The molecule has 2 heterocycles. The molecule has 1 aliphatic rings. The van der Waals surface area contributed by atoms with Gasteiger partial charge in [-0.05, 0) is 17.7 Å². The van der Waals surface area contributed by atoms with E-state index < -0.39 is 0 Å². The lowest BCUT2D eigenvalue weighted by Crippen LogP contribution is -2.02. The molecule has 0 radical (unpaired) electrons. The van der Waals surface area contributed by atoms with Gasteiger partial charge in [0.15, 0.2) is 16.6 Å². The van der Waals surface area contributed by atoms with Crippen molar-refractivity contribution < 1.29 is 24.1 Å². The minimum Gasteiger partial charge on any atom is -0.508 e. The quantitative estimate of drug-likeness (QED) is 0.506. The number of phenolic OH excluding ortho intramolecular Hbond substituents is 1. The summed E-state index contributed by atoms with van der Waals surface area (Å²) in [5.74, 6) is 2.48. The molecule has 0 aliphatic carbocycles. The Kier molecular flexibility index (Phi) is 5.72. The van der Waals surface area contributed by atoms with Gasteiger partial charge in [0, 0.05) is 17.8 Å². The maximum atomic E-state index is 9.70. The standard InChI is InChI=1S/C21H22N4O5S/c1-27-15-8-12(9-16(28-2)17(15)29-3)23-21-25-19(22)18(31-21)20-24-14(10-30-20)11-5-4-6-13(26)7-11/h4-9,14,26H,10,22H2,1-3H3,(H,23,25). The highest BCUT2D eigenvalue weighted by Crippen LogP contribution is 2.41. The van der Waals surface area contributed by atoms with Crippen molar-refractivity contribution in [3.05, 3.63) is 46.8 Å². The van der Waals surface area contributed by atoms with E-state index in [2.05, 4.69) is 15.3 Å². The van der Waals surface area contributed by atoms with Crippen molar-refractivity contribution in [3.8, 4) is 23.0 Å². The molecule has 9 nitrogen and oxygen atoms in total. The number of phenols is 1. The van der Waals surface area contributed by atoms with Crippen LogP contribution in [0.4, 0.5) is 16.6 Å². The van der Waals surface area contributed by atoms with Gasteiger partial charge in [-0.1, -0.05) is 23.5 Å². The lowest BCUT2D eigenvalue weighted by molar-refractivity contribution is 0.320. The molecule has 0 fully saturated rings. The van der Waals surface area contributed by atoms with Crippen molar-refractivity contribution in [2.24, 2.45) is 4.99 Å². The summed E-state index contributed by atoms with van der Waals surface area (Å²) < 4.78 is 21.9. The number of methoxy groups -OCH3 is 3. The normalized spacial score (nSPS) is 15.2. The summed E-state index contributed by atoms with van der Waals surface area (Å²) in [6.07, 6.45) is 0. The fourth-order valence-corrected chi connectivity index (χ4v) is 4.07. The van der Waals surface area contributed by atoms with Gasteiger partial charge in [0.2, 0.25) is 11.6 Å². The van der Waals surface area contributed by atoms with Crippen LogP contribution in [-0.4, -0.2) is 43.9 Å². The van der Waals surface area contributed by atoms with Gasteiger partial charge in [-0.3, -0.25) is 0 Å². The molecule has 1 aromatic heterocycles. The number of hydrogen-bond acceptors (Lipinski definition) is 10. The van der Waals surface area contributed by atoms with E-state index in [4.69, 9.17) is 24.7 Å². The van der Waals surface area contributed by atoms with Crippen LogP contribution in [0.15, 0.2) is 41.4 Å². The Labute approximate surface area is 183 Å². The van der Waals surface area contributed by atoms with E-state index in [-0.39, 0.29) is 11.8 Å². The van der Waals surface area contributed by atoms with E-state index in [9.17, 15) is 5.11 Å². The first kappa shape index (κ1) is 20.6. The summed E-state index contributed by atoms with van der Waals surface area (Å²) in [6.45, 7) is 0.367. The Bertz CT molecular complexity index is 1110. The van der Waals surface area contributed by atoms with E-state index in [1.54, 1.807) is 51.7 Å². The second kappa shape index (κ2) is 8.60. The molecular formula is C21H22N4O5S. The Morgan fingerprint density at radius 1 is 1.13 bits per heavy atom. The van der Waals surface area contributed by atoms with Crippen molar-refractivity contribution in [1.29, 1.82) is 0 Å². The number of rotatable bonds is 7. The third kappa shape index (κ3) is 4.15. The van der Waals surface area contributed by atoms with Gasteiger partial charge in [-0.2, -0.15) is 0 Å². The molecule has 0 amide bonds. The molecule has 31 heavy (non-hydrogen) atoms. The number of benzene rings is 2. The van der Waals surface area contributed by atoms with Crippen LogP contribution in [0.5, 0.6) is 23.0 Å². The van der Waals surface area contributed by atoms with E-state index in [1.807, 2.05) is 6.07 Å². The number of nitrogens with one attached hydrogen (secondary N) is 1. The predicted molar refractivity (Wildman–Crippen MR) is 119 cm³/mol. The molecule has 3 aromatic rings. The number of hydrogen-bond donors (Lipinski definition) is 3. The molecule has 1 unspecified atom stereocenters. The first-order chi connectivity index (χ1) is 15.0. The molecule has 1 aliphatic heterocycles. The predicted octanol–water partition coefficient (Wildman–Crippen LogP) is 3.72. The Balaban J connectivity index is 1.58. The summed E-state index contributed by atoms with van der Waals surface area (Å²) >= 11 is 1.32. The Morgan fingerprint density at radius 2 is 1.87 bits per heavy atom. The smallest absolute Gasteiger partial charge is 0.231 e. The number of ether oxygens (including phenoxy) is 4. The number of nitrogens with two attached hydrogens (primary N) is 1. The number of aromatic nitrogens is 1. The van der Waals surface area contributed by atoms with Crippen LogP contribution in [0.3, 0.4) is 0 Å². The van der Waals surface area contributed by atoms with Gasteiger partial charge in [-0.15, -0.1) is 0 Å². The summed E-state index contributed by atoms with van der Waals surface area (Å²) in [6, 6.07) is 10.3. The lowest BCUT2D eigenvalue weighted by Gasteiger charge is -2.14. The van der Waals surface area contributed by atoms with E-state index in [1.165, 1.54) is 11.3 Å². The van der Waals surface area contributed by atoms with E-state index in [0.717, 1.165) is 5.56 Å². The van der Waals surface area contributed by atoms with Crippen molar-refractivity contribution in [3.63, 3.8) is 0 Å². The maximum absolute atomic E-state index is 9.70. The second-order valence-electron chi connectivity index (χ2n) is 6.63. The average Bonchev–Trinajstić information content (AvgIpc) is 3.39. The second-order valence-corrected chi connectivity index (χ2v) is 7.63. The molecule has 0 bridgehead atoms. The van der Waals surface area contributed by atoms with Crippen LogP contribution in [0.1, 0.15) is 16.5 Å². The number of anilines is 3. The summed E-state index contributed by atoms with van der Waals surface area (Å²) in [4.78, 5) is 9.64. The molecule has 0 spiro atoms. The van der Waals surface area contributed by atoms with E-state index >= 15 is 0 Å². The molecule has 4 N–H and O–H groups in total. The number of aliphatic imine (C=N–C) groups is 1. The molecular weight excluding hydrogens is 420 g/mol. The zero-order valence-corrected chi connectivity index (χ0v) is 18.0. The molecule has 0 saturated carbocycles. The van der Waals surface area contributed by atoms with Gasteiger partial charge in [-0.25, -0.2) is 9.98 Å². The van der Waals surface area contributed by atoms with Crippen molar-refractivity contribution in [2.45, 2.75) is 6.04 Å². The van der Waals surface area contributed by atoms with Gasteiger partial charge in [0.25, 0.3) is 0 Å². The van der Waals surface area contributed by atoms with Crippen LogP contribution < -0.4 is 25.3 Å². The summed E-state index contributed by atoms with van der Waals surface area (Å²) in [7, 11) is 4.66.